The van der Waals surface area contributed by atoms with Crippen LogP contribution in [0.4, 0.5) is 0 Å². The highest BCUT2D eigenvalue weighted by Gasteiger charge is 2.50. The summed E-state index contributed by atoms with van der Waals surface area (Å²) in [5, 5.41) is 0. The van der Waals surface area contributed by atoms with Gasteiger partial charge in [0.2, 0.25) is 0 Å². The molecular formula is C11H17NO3. The first-order valence-corrected chi connectivity index (χ1v) is 5.53. The zero-order valence-electron chi connectivity index (χ0n) is 9.28. The Morgan fingerprint density at radius 1 is 1.27 bits per heavy atom. The van der Waals surface area contributed by atoms with E-state index in [0.29, 0.717) is 6.04 Å². The first kappa shape index (κ1) is 10.6. The Labute approximate surface area is 89.6 Å². The highest BCUT2D eigenvalue weighted by molar-refractivity contribution is 5.97. The lowest BCUT2D eigenvalue weighted by Crippen LogP contribution is -2.45. The van der Waals surface area contributed by atoms with Gasteiger partial charge in [0, 0.05) is 6.04 Å². The van der Waals surface area contributed by atoms with Gasteiger partial charge in [0.1, 0.15) is 0 Å². The molecule has 4 heteroatoms. The number of carbonyl (C=O) groups excluding carboxylic acids is 2. The Balaban J connectivity index is 2.03. The topological polar surface area (TPSA) is 46.6 Å². The second-order valence-corrected chi connectivity index (χ2v) is 4.85. The SMILES string of the molecule is CC(C)N1CCC2(CC1)CC(=O)OC2=O. The Hall–Kier alpha value is -0.900. The Kier molecular flexibility index (Phi) is 2.54. The second kappa shape index (κ2) is 3.59. The fourth-order valence-corrected chi connectivity index (χ4v) is 2.45. The van der Waals surface area contributed by atoms with E-state index in [1.54, 1.807) is 0 Å². The molecule has 0 saturated carbocycles. The molecule has 2 saturated heterocycles. The molecule has 0 radical (unpaired) electrons. The van der Waals surface area contributed by atoms with Gasteiger partial charge in [0.15, 0.2) is 0 Å². The zero-order chi connectivity index (χ0) is 11.1. The molecule has 2 rings (SSSR count). The van der Waals surface area contributed by atoms with E-state index >= 15 is 0 Å². The number of hydrogen-bond donors (Lipinski definition) is 0. The van der Waals surface area contributed by atoms with Crippen molar-refractivity contribution < 1.29 is 14.3 Å². The average molecular weight is 211 g/mol. The molecule has 2 aliphatic heterocycles. The van der Waals surface area contributed by atoms with Crippen molar-refractivity contribution in [1.82, 2.24) is 4.90 Å². The fraction of sp³-hybridized carbons (Fsp3) is 0.818. The molecule has 0 aromatic heterocycles. The van der Waals surface area contributed by atoms with Crippen molar-refractivity contribution in [3.8, 4) is 0 Å². The quantitative estimate of drug-likeness (QED) is 0.478. The van der Waals surface area contributed by atoms with Gasteiger partial charge in [-0.15, -0.1) is 0 Å². The summed E-state index contributed by atoms with van der Waals surface area (Å²) >= 11 is 0. The predicted molar refractivity (Wildman–Crippen MR) is 54.1 cm³/mol. The van der Waals surface area contributed by atoms with Crippen molar-refractivity contribution >= 4 is 11.9 Å². The van der Waals surface area contributed by atoms with Crippen molar-refractivity contribution in [2.24, 2.45) is 5.41 Å². The Morgan fingerprint density at radius 3 is 2.27 bits per heavy atom. The summed E-state index contributed by atoms with van der Waals surface area (Å²) in [6.07, 6.45) is 1.81. The molecule has 15 heavy (non-hydrogen) atoms. The number of ether oxygens (including phenoxy) is 1. The van der Waals surface area contributed by atoms with Crippen LogP contribution in [-0.4, -0.2) is 36.0 Å². The van der Waals surface area contributed by atoms with Crippen LogP contribution in [0.1, 0.15) is 33.1 Å². The van der Waals surface area contributed by atoms with Crippen LogP contribution >= 0.6 is 0 Å². The maximum atomic E-state index is 11.6. The minimum atomic E-state index is -0.484. The molecule has 2 aliphatic rings. The first-order chi connectivity index (χ1) is 7.03. The lowest BCUT2D eigenvalue weighted by molar-refractivity contribution is -0.156. The van der Waals surface area contributed by atoms with Crippen molar-refractivity contribution in [1.29, 1.82) is 0 Å². The number of nitrogens with zero attached hydrogens (tertiary/aromatic N) is 1. The van der Waals surface area contributed by atoms with Gasteiger partial charge >= 0.3 is 11.9 Å². The molecule has 0 aromatic carbocycles. The highest BCUT2D eigenvalue weighted by atomic mass is 16.6. The number of carbonyl (C=O) groups is 2. The molecule has 4 nitrogen and oxygen atoms in total. The van der Waals surface area contributed by atoms with Crippen LogP contribution < -0.4 is 0 Å². The molecule has 0 aromatic rings. The molecule has 0 bridgehead atoms. The van der Waals surface area contributed by atoms with Crippen LogP contribution in [-0.2, 0) is 14.3 Å². The van der Waals surface area contributed by atoms with E-state index in [0.717, 1.165) is 25.9 Å². The monoisotopic (exact) mass is 211 g/mol. The molecule has 0 atom stereocenters. The van der Waals surface area contributed by atoms with Crippen LogP contribution in [0.3, 0.4) is 0 Å². The summed E-state index contributed by atoms with van der Waals surface area (Å²) in [4.78, 5) is 25.0. The molecule has 0 N–H and O–H groups in total. The molecule has 1 spiro atoms. The molecule has 84 valence electrons. The van der Waals surface area contributed by atoms with Gasteiger partial charge in [-0.2, -0.15) is 0 Å². The smallest absolute Gasteiger partial charge is 0.320 e. The first-order valence-electron chi connectivity index (χ1n) is 5.53. The molecule has 0 amide bonds. The Morgan fingerprint density at radius 2 is 1.87 bits per heavy atom. The van der Waals surface area contributed by atoms with E-state index in [2.05, 4.69) is 23.5 Å². The van der Waals surface area contributed by atoms with Crippen molar-refractivity contribution in [2.45, 2.75) is 39.2 Å². The van der Waals surface area contributed by atoms with Gasteiger partial charge in [0.25, 0.3) is 0 Å². The minimum Gasteiger partial charge on any atom is -0.393 e. The van der Waals surface area contributed by atoms with Gasteiger partial charge in [-0.3, -0.25) is 9.59 Å². The minimum absolute atomic E-state index is 0.289. The third kappa shape index (κ3) is 1.78. The van der Waals surface area contributed by atoms with Crippen LogP contribution in [0.2, 0.25) is 0 Å². The van der Waals surface area contributed by atoms with Gasteiger partial charge < -0.3 is 9.64 Å². The maximum absolute atomic E-state index is 11.6. The fourth-order valence-electron chi connectivity index (χ4n) is 2.45. The van der Waals surface area contributed by atoms with E-state index in [1.165, 1.54) is 0 Å². The largest absolute Gasteiger partial charge is 0.393 e. The van der Waals surface area contributed by atoms with E-state index < -0.39 is 5.41 Å². The normalized spacial score (nSPS) is 26.3. The van der Waals surface area contributed by atoms with Gasteiger partial charge in [-0.05, 0) is 39.8 Å². The van der Waals surface area contributed by atoms with E-state index in [-0.39, 0.29) is 18.4 Å². The van der Waals surface area contributed by atoms with Crippen LogP contribution in [0, 0.1) is 5.41 Å². The van der Waals surface area contributed by atoms with Crippen molar-refractivity contribution in [2.75, 3.05) is 13.1 Å². The second-order valence-electron chi connectivity index (χ2n) is 4.85. The Bertz CT molecular complexity index is 290. The van der Waals surface area contributed by atoms with Gasteiger partial charge in [-0.25, -0.2) is 0 Å². The van der Waals surface area contributed by atoms with Crippen molar-refractivity contribution in [3.63, 3.8) is 0 Å². The number of cyclic esters (lactones) is 2. The van der Waals surface area contributed by atoms with Crippen LogP contribution in [0.15, 0.2) is 0 Å². The zero-order valence-corrected chi connectivity index (χ0v) is 9.28. The number of hydrogen-bond acceptors (Lipinski definition) is 4. The molecule has 2 heterocycles. The van der Waals surface area contributed by atoms with Crippen LogP contribution in [0.25, 0.3) is 0 Å². The molecule has 2 fully saturated rings. The summed E-state index contributed by atoms with van der Waals surface area (Å²) in [5.41, 5.74) is -0.484. The van der Waals surface area contributed by atoms with Crippen LogP contribution in [0.5, 0.6) is 0 Å². The number of likely N-dealkylation sites (tertiary alicyclic amines) is 1. The standard InChI is InChI=1S/C11H17NO3/c1-8(2)12-5-3-11(4-6-12)7-9(13)15-10(11)14/h8H,3-7H2,1-2H3. The summed E-state index contributed by atoms with van der Waals surface area (Å²) in [5.74, 6) is -0.645. The predicted octanol–water partition coefficient (Wildman–Crippen LogP) is 0.950. The van der Waals surface area contributed by atoms with E-state index in [1.807, 2.05) is 0 Å². The summed E-state index contributed by atoms with van der Waals surface area (Å²) in [7, 11) is 0. The average Bonchev–Trinajstić information content (AvgIpc) is 2.42. The third-order valence-corrected chi connectivity index (χ3v) is 3.61. The number of esters is 2. The number of piperidine rings is 1. The highest BCUT2D eigenvalue weighted by Crippen LogP contribution is 2.41. The van der Waals surface area contributed by atoms with E-state index in [4.69, 9.17) is 0 Å². The summed E-state index contributed by atoms with van der Waals surface area (Å²) in [6.45, 7) is 6.08. The summed E-state index contributed by atoms with van der Waals surface area (Å²) < 4.78 is 4.65. The number of rotatable bonds is 1. The van der Waals surface area contributed by atoms with E-state index in [9.17, 15) is 9.59 Å². The van der Waals surface area contributed by atoms with Gasteiger partial charge in [-0.1, -0.05) is 0 Å². The maximum Gasteiger partial charge on any atom is 0.320 e. The lowest BCUT2D eigenvalue weighted by atomic mass is 9.77. The lowest BCUT2D eigenvalue weighted by Gasteiger charge is -2.37. The van der Waals surface area contributed by atoms with Crippen molar-refractivity contribution in [3.05, 3.63) is 0 Å². The molecule has 0 aliphatic carbocycles. The third-order valence-electron chi connectivity index (χ3n) is 3.61. The van der Waals surface area contributed by atoms with Gasteiger partial charge in [0.05, 0.1) is 11.8 Å². The summed E-state index contributed by atoms with van der Waals surface area (Å²) in [6, 6.07) is 0.510. The molecular weight excluding hydrogens is 194 g/mol. The molecule has 0 unspecified atom stereocenters.